The molecule has 5 amide bonds. The van der Waals surface area contributed by atoms with Gasteiger partial charge in [0, 0.05) is 42.7 Å². The molecule has 1 aromatic carbocycles. The van der Waals surface area contributed by atoms with Crippen molar-refractivity contribution in [2.24, 2.45) is 5.73 Å². The second kappa shape index (κ2) is 9.94. The molecule has 2 aliphatic rings. The third-order valence-electron chi connectivity index (χ3n) is 5.07. The minimum Gasteiger partial charge on any atom is -0.497 e. The number of pyridine rings is 1. The molecule has 2 aliphatic heterocycles. The lowest BCUT2D eigenvalue weighted by Crippen LogP contribution is -2.26. The molecule has 36 heavy (non-hydrogen) atoms. The van der Waals surface area contributed by atoms with Gasteiger partial charge < -0.3 is 25.2 Å². The molecule has 0 radical (unpaired) electrons. The van der Waals surface area contributed by atoms with Gasteiger partial charge >= 0.3 is 17.8 Å². The Morgan fingerprint density at radius 3 is 2.72 bits per heavy atom. The lowest BCUT2D eigenvalue weighted by Gasteiger charge is -2.04. The van der Waals surface area contributed by atoms with Crippen LogP contribution in [-0.4, -0.2) is 64.0 Å². The number of hydrogen-bond donors (Lipinski definition) is 3. The molecule has 4 heterocycles. The second-order valence-corrected chi connectivity index (χ2v) is 7.60. The van der Waals surface area contributed by atoms with E-state index in [4.69, 9.17) is 10.5 Å². The van der Waals surface area contributed by atoms with Crippen molar-refractivity contribution < 1.29 is 28.4 Å². The van der Waals surface area contributed by atoms with Crippen molar-refractivity contribution in [1.29, 1.82) is 0 Å². The maximum atomic E-state index is 11.5. The largest absolute Gasteiger partial charge is 0.497 e. The number of nitrogens with one attached hydrogen (secondary N) is 2. The molecule has 0 aliphatic carbocycles. The summed E-state index contributed by atoms with van der Waals surface area (Å²) >= 11 is 0. The minimum atomic E-state index is -0.919. The van der Waals surface area contributed by atoms with Gasteiger partial charge in [-0.25, -0.2) is 4.79 Å². The number of methoxy groups -OCH3 is 1. The summed E-state index contributed by atoms with van der Waals surface area (Å²) < 4.78 is 9.74. The van der Waals surface area contributed by atoms with Gasteiger partial charge in [0.1, 0.15) is 5.75 Å². The van der Waals surface area contributed by atoms with Gasteiger partial charge in [-0.05, 0) is 23.8 Å². The molecule has 0 spiro atoms. The van der Waals surface area contributed by atoms with Gasteiger partial charge in [-0.1, -0.05) is 23.1 Å². The van der Waals surface area contributed by atoms with Crippen molar-refractivity contribution in [2.75, 3.05) is 14.2 Å². The fraction of sp³-hybridized carbons (Fsp3) is 0.174. The average Bonchev–Trinajstić information content (AvgIpc) is 3.56. The molecule has 13 heteroatoms. The molecule has 5 rings (SSSR count). The first-order valence-electron chi connectivity index (χ1n) is 10.4. The fourth-order valence-electron chi connectivity index (χ4n) is 3.30. The summed E-state index contributed by atoms with van der Waals surface area (Å²) in [5.41, 5.74) is 7.79. The van der Waals surface area contributed by atoms with Gasteiger partial charge in [0.05, 0.1) is 7.11 Å². The minimum absolute atomic E-state index is 0.0777. The molecule has 2 aromatic heterocycles. The van der Waals surface area contributed by atoms with Crippen LogP contribution >= 0.6 is 0 Å². The summed E-state index contributed by atoms with van der Waals surface area (Å²) in [6, 6.07) is 5.69. The highest BCUT2D eigenvalue weighted by Gasteiger charge is 2.27. The van der Waals surface area contributed by atoms with Crippen molar-refractivity contribution in [2.45, 2.75) is 12.6 Å². The summed E-state index contributed by atoms with van der Waals surface area (Å²) in [4.78, 5) is 54.3. The number of amides is 5. The zero-order valence-electron chi connectivity index (χ0n) is 19.1. The summed E-state index contributed by atoms with van der Waals surface area (Å²) in [6.07, 6.45) is 2.91. The number of nitrogens with two attached hydrogens (primary N) is 1. The third kappa shape index (κ3) is 5.12. The molecular formula is C23H19N7O6. The number of rotatable bonds is 3. The van der Waals surface area contributed by atoms with E-state index in [0.717, 1.165) is 16.9 Å². The SMILES string of the molecule is COc1ccc2c(c1)C(=O)N(C)C2.NC(=O)c1nc(-c2cncc(C#CC3NC(=O)NC3=O)c2)no1. The first-order valence-corrected chi connectivity index (χ1v) is 10.4. The number of hydrogen-bond acceptors (Lipinski definition) is 9. The van der Waals surface area contributed by atoms with Crippen LogP contribution in [0.15, 0.2) is 41.2 Å². The van der Waals surface area contributed by atoms with E-state index in [1.165, 1.54) is 12.4 Å². The number of benzene rings is 1. The average molecular weight is 489 g/mol. The predicted octanol–water partition coefficient (Wildman–Crippen LogP) is 0.0708. The Morgan fingerprint density at radius 2 is 2.06 bits per heavy atom. The molecule has 13 nitrogen and oxygen atoms in total. The highest BCUT2D eigenvalue weighted by molar-refractivity contribution is 6.05. The van der Waals surface area contributed by atoms with Gasteiger partial charge in [-0.2, -0.15) is 4.98 Å². The lowest BCUT2D eigenvalue weighted by atomic mass is 10.1. The van der Waals surface area contributed by atoms with Crippen molar-refractivity contribution >= 4 is 23.8 Å². The van der Waals surface area contributed by atoms with Crippen LogP contribution in [0, 0.1) is 11.8 Å². The van der Waals surface area contributed by atoms with E-state index >= 15 is 0 Å². The van der Waals surface area contributed by atoms with Gasteiger partial charge in [-0.15, -0.1) is 0 Å². The number of urea groups is 1. The van der Waals surface area contributed by atoms with Gasteiger partial charge in [-0.3, -0.25) is 24.7 Å². The van der Waals surface area contributed by atoms with E-state index in [2.05, 4.69) is 42.1 Å². The van der Waals surface area contributed by atoms with Crippen molar-refractivity contribution in [3.8, 4) is 29.0 Å². The molecule has 4 N–H and O–H groups in total. The molecule has 1 unspecified atom stereocenters. The van der Waals surface area contributed by atoms with Crippen LogP contribution in [0.2, 0.25) is 0 Å². The second-order valence-electron chi connectivity index (χ2n) is 7.60. The zero-order valence-corrected chi connectivity index (χ0v) is 19.1. The standard InChI is InChI=1S/C13H8N6O4.C10H11NO2/c14-9(20)12-17-10(19-23-12)7-3-6(4-15-5-7)1-2-8-11(21)18-13(22)16-8;1-11-6-7-3-4-8(13-2)5-9(7)10(11)12/h3-5,8H,(H2,14,20)(H2,16,18,21,22);3-5H,6H2,1-2H3. The number of nitrogens with zero attached hydrogens (tertiary/aromatic N) is 4. The van der Waals surface area contributed by atoms with Crippen LogP contribution in [0.25, 0.3) is 11.4 Å². The summed E-state index contributed by atoms with van der Waals surface area (Å²) in [5.74, 6) is 4.59. The fourth-order valence-corrected chi connectivity index (χ4v) is 3.30. The van der Waals surface area contributed by atoms with Crippen molar-refractivity contribution in [3.63, 3.8) is 0 Å². The summed E-state index contributed by atoms with van der Waals surface area (Å²) in [7, 11) is 3.40. The third-order valence-corrected chi connectivity index (χ3v) is 5.07. The molecule has 1 atom stereocenters. The molecule has 0 saturated carbocycles. The van der Waals surface area contributed by atoms with Crippen LogP contribution in [-0.2, 0) is 11.3 Å². The topological polar surface area (TPSA) is 183 Å². The van der Waals surface area contributed by atoms with Crippen LogP contribution in [0.3, 0.4) is 0 Å². The van der Waals surface area contributed by atoms with E-state index in [1.54, 1.807) is 31.2 Å². The number of aromatic nitrogens is 3. The van der Waals surface area contributed by atoms with E-state index in [-0.39, 0.29) is 17.6 Å². The number of ether oxygens (including phenoxy) is 1. The van der Waals surface area contributed by atoms with Crippen molar-refractivity contribution in [3.05, 3.63) is 59.2 Å². The molecule has 1 saturated heterocycles. The number of carbonyl (C=O) groups excluding carboxylic acids is 4. The highest BCUT2D eigenvalue weighted by atomic mass is 16.5. The quantitative estimate of drug-likeness (QED) is 0.338. The van der Waals surface area contributed by atoms with Gasteiger partial charge in [0.2, 0.25) is 5.82 Å². The van der Waals surface area contributed by atoms with Crippen LogP contribution in [0.5, 0.6) is 5.75 Å². The Labute approximate surface area is 204 Å². The highest BCUT2D eigenvalue weighted by Crippen LogP contribution is 2.25. The zero-order chi connectivity index (χ0) is 25.8. The molecule has 182 valence electrons. The Hall–Kier alpha value is -5.25. The smallest absolute Gasteiger partial charge is 0.322 e. The van der Waals surface area contributed by atoms with E-state index in [0.29, 0.717) is 17.7 Å². The predicted molar refractivity (Wildman–Crippen MR) is 122 cm³/mol. The Kier molecular flexibility index (Phi) is 6.59. The Morgan fingerprint density at radius 1 is 1.25 bits per heavy atom. The first-order chi connectivity index (χ1) is 17.2. The Bertz CT molecular complexity index is 1440. The molecular weight excluding hydrogens is 470 g/mol. The summed E-state index contributed by atoms with van der Waals surface area (Å²) in [5, 5.41) is 8.03. The molecule has 0 bridgehead atoms. The van der Waals surface area contributed by atoms with E-state index in [9.17, 15) is 19.2 Å². The monoisotopic (exact) mass is 489 g/mol. The first kappa shape index (κ1) is 23.9. The number of fused-ring (bicyclic) bond motifs is 1. The Balaban J connectivity index is 0.000000197. The summed E-state index contributed by atoms with van der Waals surface area (Å²) in [6.45, 7) is 0.707. The van der Waals surface area contributed by atoms with Gasteiger partial charge in [0.25, 0.3) is 11.8 Å². The van der Waals surface area contributed by atoms with Crippen LogP contribution < -0.4 is 21.1 Å². The molecule has 3 aromatic rings. The van der Waals surface area contributed by atoms with Crippen LogP contribution in [0.4, 0.5) is 4.79 Å². The number of carbonyl (C=O) groups is 4. The maximum absolute atomic E-state index is 11.5. The molecule has 1 fully saturated rings. The van der Waals surface area contributed by atoms with Crippen molar-refractivity contribution in [1.82, 2.24) is 30.7 Å². The van der Waals surface area contributed by atoms with Gasteiger partial charge in [0.15, 0.2) is 6.04 Å². The van der Waals surface area contributed by atoms with Crippen LogP contribution in [0.1, 0.15) is 32.2 Å². The number of imide groups is 1. The normalized spacial score (nSPS) is 15.7. The number of primary amides is 1. The lowest BCUT2D eigenvalue weighted by molar-refractivity contribution is -0.119. The van der Waals surface area contributed by atoms with E-state index in [1.807, 2.05) is 12.1 Å². The van der Waals surface area contributed by atoms with E-state index < -0.39 is 23.9 Å². The maximum Gasteiger partial charge on any atom is 0.322 e.